The van der Waals surface area contributed by atoms with Crippen molar-refractivity contribution in [2.75, 3.05) is 0 Å². The Labute approximate surface area is 114 Å². The molecule has 0 radical (unpaired) electrons. The Hall–Kier alpha value is -0.850. The summed E-state index contributed by atoms with van der Waals surface area (Å²) in [6.07, 6.45) is 4.94. The van der Waals surface area contributed by atoms with Gasteiger partial charge < -0.3 is 0 Å². The SMILES string of the molecule is C=C/C=C(\N=C)C(C)C(C)(C)CC(C)(C)C(C)C. The summed E-state index contributed by atoms with van der Waals surface area (Å²) in [4.78, 5) is 4.16. The van der Waals surface area contributed by atoms with E-state index in [1.807, 2.05) is 6.08 Å². The van der Waals surface area contributed by atoms with E-state index in [0.717, 1.165) is 5.70 Å². The first-order valence-corrected chi connectivity index (χ1v) is 6.88. The maximum Gasteiger partial charge on any atom is 0.0429 e. The second-order valence-corrected chi connectivity index (χ2v) is 7.02. The summed E-state index contributed by atoms with van der Waals surface area (Å²) in [5.74, 6) is 1.05. The zero-order valence-electron chi connectivity index (χ0n) is 13.4. The maximum absolute atomic E-state index is 4.16. The van der Waals surface area contributed by atoms with Gasteiger partial charge in [0.05, 0.1) is 0 Å². The van der Waals surface area contributed by atoms with Crippen LogP contribution in [-0.2, 0) is 0 Å². The molecule has 0 rings (SSSR count). The van der Waals surface area contributed by atoms with Crippen LogP contribution in [0, 0.1) is 22.7 Å². The molecule has 0 heterocycles. The standard InChI is InChI=1S/C17H31N/c1-10-11-15(18-9)14(4)17(7,8)12-16(5,6)13(2)3/h10-11,13-14H,1,9,12H2,2-8H3/b15-11-. The van der Waals surface area contributed by atoms with Crippen LogP contribution < -0.4 is 0 Å². The number of rotatable bonds is 7. The fourth-order valence-electron chi connectivity index (χ4n) is 2.39. The summed E-state index contributed by atoms with van der Waals surface area (Å²) in [6, 6.07) is 0. The van der Waals surface area contributed by atoms with E-state index in [9.17, 15) is 0 Å². The Morgan fingerprint density at radius 3 is 1.94 bits per heavy atom. The Balaban J connectivity index is 5.09. The fourth-order valence-corrected chi connectivity index (χ4v) is 2.39. The van der Waals surface area contributed by atoms with Gasteiger partial charge in [0.15, 0.2) is 0 Å². The van der Waals surface area contributed by atoms with E-state index in [0.29, 0.717) is 17.3 Å². The van der Waals surface area contributed by atoms with Crippen molar-refractivity contribution in [3.8, 4) is 0 Å². The lowest BCUT2D eigenvalue weighted by molar-refractivity contribution is 0.108. The van der Waals surface area contributed by atoms with Gasteiger partial charge in [0.1, 0.15) is 0 Å². The maximum atomic E-state index is 4.16. The van der Waals surface area contributed by atoms with E-state index < -0.39 is 0 Å². The van der Waals surface area contributed by atoms with Gasteiger partial charge >= 0.3 is 0 Å². The smallest absolute Gasteiger partial charge is 0.0429 e. The fraction of sp³-hybridized carbons (Fsp3) is 0.706. The highest BCUT2D eigenvalue weighted by molar-refractivity contribution is 5.31. The van der Waals surface area contributed by atoms with E-state index in [1.165, 1.54) is 6.42 Å². The van der Waals surface area contributed by atoms with Gasteiger partial charge in [0.25, 0.3) is 0 Å². The molecule has 0 saturated heterocycles. The number of allylic oxidation sites excluding steroid dienone is 3. The molecule has 0 N–H and O–H groups in total. The Bertz CT molecular complexity index is 319. The minimum Gasteiger partial charge on any atom is -0.269 e. The van der Waals surface area contributed by atoms with Crippen LogP contribution in [0.3, 0.4) is 0 Å². The van der Waals surface area contributed by atoms with Gasteiger partial charge in [-0.3, -0.25) is 4.99 Å². The Morgan fingerprint density at radius 1 is 1.11 bits per heavy atom. The molecule has 0 bridgehead atoms. The molecule has 1 nitrogen and oxygen atoms in total. The first-order valence-electron chi connectivity index (χ1n) is 6.88. The third-order valence-electron chi connectivity index (χ3n) is 4.56. The summed E-state index contributed by atoms with van der Waals surface area (Å²) in [5.41, 5.74) is 1.57. The molecule has 0 aliphatic carbocycles. The van der Waals surface area contributed by atoms with Gasteiger partial charge in [0.2, 0.25) is 0 Å². The topological polar surface area (TPSA) is 12.4 Å². The summed E-state index contributed by atoms with van der Waals surface area (Å²) >= 11 is 0. The summed E-state index contributed by atoms with van der Waals surface area (Å²) < 4.78 is 0. The van der Waals surface area contributed by atoms with Crippen molar-refractivity contribution in [2.24, 2.45) is 27.7 Å². The molecule has 0 aromatic carbocycles. The highest BCUT2D eigenvalue weighted by Gasteiger charge is 2.35. The molecule has 0 aliphatic rings. The molecule has 0 aliphatic heterocycles. The van der Waals surface area contributed by atoms with Crippen molar-refractivity contribution in [2.45, 2.75) is 54.9 Å². The van der Waals surface area contributed by atoms with Crippen LogP contribution in [0.2, 0.25) is 0 Å². The molecule has 0 fully saturated rings. The molecule has 0 spiro atoms. The van der Waals surface area contributed by atoms with E-state index in [2.05, 4.69) is 66.8 Å². The molecule has 0 aromatic heterocycles. The van der Waals surface area contributed by atoms with Gasteiger partial charge in [-0.25, -0.2) is 0 Å². The van der Waals surface area contributed by atoms with Gasteiger partial charge in [-0.15, -0.1) is 0 Å². The van der Waals surface area contributed by atoms with E-state index >= 15 is 0 Å². The largest absolute Gasteiger partial charge is 0.269 e. The molecule has 0 amide bonds. The van der Waals surface area contributed by atoms with Crippen LogP contribution in [0.5, 0.6) is 0 Å². The Kier molecular flexibility index (Phi) is 6.06. The van der Waals surface area contributed by atoms with Crippen molar-refractivity contribution in [3.05, 3.63) is 24.4 Å². The second kappa shape index (κ2) is 6.36. The monoisotopic (exact) mass is 249 g/mol. The van der Waals surface area contributed by atoms with Crippen molar-refractivity contribution < 1.29 is 0 Å². The molecule has 104 valence electrons. The summed E-state index contributed by atoms with van der Waals surface area (Å²) in [5, 5.41) is 0. The molecule has 0 saturated carbocycles. The molecular weight excluding hydrogens is 218 g/mol. The molecule has 1 heteroatoms. The van der Waals surface area contributed by atoms with Gasteiger partial charge in [0, 0.05) is 11.6 Å². The normalized spacial score (nSPS) is 15.7. The van der Waals surface area contributed by atoms with Gasteiger partial charge in [-0.05, 0) is 36.0 Å². The van der Waals surface area contributed by atoms with Crippen molar-refractivity contribution in [1.29, 1.82) is 0 Å². The number of hydrogen-bond acceptors (Lipinski definition) is 1. The van der Waals surface area contributed by atoms with Crippen LogP contribution >= 0.6 is 0 Å². The number of hydrogen-bond donors (Lipinski definition) is 0. The van der Waals surface area contributed by atoms with Gasteiger partial charge in [-0.1, -0.05) is 61.1 Å². The average Bonchev–Trinajstić information content (AvgIpc) is 2.23. The first-order chi connectivity index (χ1) is 8.08. The first kappa shape index (κ1) is 17.2. The second-order valence-electron chi connectivity index (χ2n) is 7.02. The summed E-state index contributed by atoms with van der Waals surface area (Å²) in [7, 11) is 0. The zero-order valence-corrected chi connectivity index (χ0v) is 13.4. The van der Waals surface area contributed by atoms with E-state index in [-0.39, 0.29) is 5.41 Å². The van der Waals surface area contributed by atoms with Crippen molar-refractivity contribution in [1.82, 2.24) is 0 Å². The third-order valence-corrected chi connectivity index (χ3v) is 4.56. The van der Waals surface area contributed by atoms with Crippen LogP contribution in [-0.4, -0.2) is 6.72 Å². The van der Waals surface area contributed by atoms with Crippen molar-refractivity contribution >= 4 is 6.72 Å². The molecular formula is C17H31N. The minimum atomic E-state index is 0.198. The lowest BCUT2D eigenvalue weighted by atomic mass is 9.64. The predicted molar refractivity (Wildman–Crippen MR) is 84.0 cm³/mol. The Morgan fingerprint density at radius 2 is 1.61 bits per heavy atom. The highest BCUT2D eigenvalue weighted by Crippen LogP contribution is 2.45. The van der Waals surface area contributed by atoms with E-state index in [4.69, 9.17) is 0 Å². The van der Waals surface area contributed by atoms with Crippen LogP contribution in [0.25, 0.3) is 0 Å². The number of nitrogens with zero attached hydrogens (tertiary/aromatic N) is 1. The molecule has 0 aromatic rings. The summed E-state index contributed by atoms with van der Waals surface area (Å²) in [6.45, 7) is 23.6. The quantitative estimate of drug-likeness (QED) is 0.418. The lowest BCUT2D eigenvalue weighted by Gasteiger charge is -2.41. The zero-order chi connectivity index (χ0) is 14.6. The molecule has 1 unspecified atom stereocenters. The highest BCUT2D eigenvalue weighted by atomic mass is 14.7. The minimum absolute atomic E-state index is 0.198. The molecule has 1 atom stereocenters. The van der Waals surface area contributed by atoms with Crippen LogP contribution in [0.1, 0.15) is 54.9 Å². The number of aliphatic imine (C=N–C) groups is 1. The molecule has 18 heavy (non-hydrogen) atoms. The van der Waals surface area contributed by atoms with Gasteiger partial charge in [-0.2, -0.15) is 0 Å². The van der Waals surface area contributed by atoms with Crippen LogP contribution in [0.15, 0.2) is 29.4 Å². The third kappa shape index (κ3) is 4.44. The predicted octanol–water partition coefficient (Wildman–Crippen LogP) is 5.49. The lowest BCUT2D eigenvalue weighted by Crippen LogP contribution is -2.32. The van der Waals surface area contributed by atoms with E-state index in [1.54, 1.807) is 6.08 Å². The van der Waals surface area contributed by atoms with Crippen LogP contribution in [0.4, 0.5) is 0 Å². The van der Waals surface area contributed by atoms with Crippen molar-refractivity contribution in [3.63, 3.8) is 0 Å². The average molecular weight is 249 g/mol.